The predicted molar refractivity (Wildman–Crippen MR) is 127 cm³/mol. The van der Waals surface area contributed by atoms with Gasteiger partial charge in [0.2, 0.25) is 17.7 Å². The van der Waals surface area contributed by atoms with Gasteiger partial charge in [-0.1, -0.05) is 32.0 Å². The molecule has 2 aromatic carbocycles. The Morgan fingerprint density at radius 2 is 1.88 bits per heavy atom. The zero-order valence-electron chi connectivity index (χ0n) is 19.1. The number of carbonyl (C=O) groups excluding carboxylic acids is 3. The molecule has 4 rings (SSSR count). The summed E-state index contributed by atoms with van der Waals surface area (Å²) in [7, 11) is 0. The largest absolute Gasteiger partial charge is 0.326 e. The number of carbonyl (C=O) groups is 3. The second kappa shape index (κ2) is 9.15. The van der Waals surface area contributed by atoms with E-state index >= 15 is 0 Å². The summed E-state index contributed by atoms with van der Waals surface area (Å²) in [6, 6.07) is 13.6. The average Bonchev–Trinajstić information content (AvgIpc) is 3.39. The van der Waals surface area contributed by atoms with Crippen molar-refractivity contribution in [1.82, 2.24) is 0 Å². The van der Waals surface area contributed by atoms with Crippen molar-refractivity contribution in [2.45, 2.75) is 52.4 Å². The number of hydrogen-bond acceptors (Lipinski definition) is 3. The van der Waals surface area contributed by atoms with Crippen LogP contribution in [0.1, 0.15) is 56.6 Å². The number of rotatable bonds is 6. The van der Waals surface area contributed by atoms with E-state index in [9.17, 15) is 14.4 Å². The molecule has 0 aromatic heterocycles. The van der Waals surface area contributed by atoms with Crippen LogP contribution in [0.5, 0.6) is 0 Å². The summed E-state index contributed by atoms with van der Waals surface area (Å²) in [6.45, 7) is 7.37. The van der Waals surface area contributed by atoms with E-state index in [1.165, 1.54) is 0 Å². The molecule has 168 valence electrons. The van der Waals surface area contributed by atoms with Crippen LogP contribution in [0, 0.1) is 12.8 Å². The van der Waals surface area contributed by atoms with Crippen LogP contribution in [-0.2, 0) is 14.4 Å². The van der Waals surface area contributed by atoms with Crippen molar-refractivity contribution in [2.75, 3.05) is 28.2 Å². The van der Waals surface area contributed by atoms with Crippen molar-refractivity contribution < 1.29 is 14.4 Å². The van der Waals surface area contributed by atoms with Gasteiger partial charge in [-0.3, -0.25) is 14.4 Å². The molecule has 0 unspecified atom stereocenters. The summed E-state index contributed by atoms with van der Waals surface area (Å²) >= 11 is 0. The van der Waals surface area contributed by atoms with Crippen molar-refractivity contribution in [3.8, 4) is 0 Å². The molecule has 3 amide bonds. The molecular weight excluding hydrogens is 402 g/mol. The van der Waals surface area contributed by atoms with Gasteiger partial charge in [0.05, 0.1) is 5.92 Å². The first kappa shape index (κ1) is 22.1. The average molecular weight is 434 g/mol. The summed E-state index contributed by atoms with van der Waals surface area (Å²) in [5.41, 5.74) is 4.59. The van der Waals surface area contributed by atoms with Crippen LogP contribution in [0.25, 0.3) is 0 Å². The molecule has 2 fully saturated rings. The molecule has 1 N–H and O–H groups in total. The van der Waals surface area contributed by atoms with E-state index in [0.717, 1.165) is 41.9 Å². The molecule has 0 radical (unpaired) electrons. The van der Waals surface area contributed by atoms with Gasteiger partial charge < -0.3 is 15.1 Å². The van der Waals surface area contributed by atoms with Crippen LogP contribution in [-0.4, -0.2) is 30.8 Å². The number of amides is 3. The Morgan fingerprint density at radius 3 is 2.56 bits per heavy atom. The quantitative estimate of drug-likeness (QED) is 0.722. The van der Waals surface area contributed by atoms with Gasteiger partial charge in [-0.05, 0) is 61.1 Å². The first-order chi connectivity index (χ1) is 15.4. The standard InChI is InChI=1S/C26H31N3O3/c1-4-17(2)21-8-5-6-9-23(21)29-16-19(15-25(29)31)26(32)27-20-11-12-22(18(3)14-20)28-13-7-10-24(28)30/h5-6,8-9,11-12,14,17,19H,4,7,10,13,15-16H2,1-3H3,(H,27,32)/t17-,19-/m0/s1. The zero-order chi connectivity index (χ0) is 22.8. The van der Waals surface area contributed by atoms with E-state index in [1.807, 2.05) is 48.2 Å². The lowest BCUT2D eigenvalue weighted by molar-refractivity contribution is -0.122. The van der Waals surface area contributed by atoms with Gasteiger partial charge in [0.25, 0.3) is 0 Å². The molecule has 2 aromatic rings. The third kappa shape index (κ3) is 4.27. The van der Waals surface area contributed by atoms with E-state index in [4.69, 9.17) is 0 Å². The molecule has 0 saturated carbocycles. The van der Waals surface area contributed by atoms with Gasteiger partial charge in [0, 0.05) is 43.0 Å². The van der Waals surface area contributed by atoms with Crippen LogP contribution in [0.2, 0.25) is 0 Å². The Hall–Kier alpha value is -3.15. The van der Waals surface area contributed by atoms with E-state index in [-0.39, 0.29) is 24.1 Å². The van der Waals surface area contributed by atoms with Crippen LogP contribution in [0.4, 0.5) is 17.1 Å². The highest BCUT2D eigenvalue weighted by Crippen LogP contribution is 2.34. The van der Waals surface area contributed by atoms with Crippen molar-refractivity contribution >= 4 is 34.8 Å². The van der Waals surface area contributed by atoms with Gasteiger partial charge in [-0.25, -0.2) is 0 Å². The Labute approximate surface area is 189 Å². The van der Waals surface area contributed by atoms with Gasteiger partial charge in [-0.15, -0.1) is 0 Å². The van der Waals surface area contributed by atoms with Crippen LogP contribution >= 0.6 is 0 Å². The predicted octanol–water partition coefficient (Wildman–Crippen LogP) is 4.63. The van der Waals surface area contributed by atoms with Crippen molar-refractivity contribution in [3.05, 3.63) is 53.6 Å². The summed E-state index contributed by atoms with van der Waals surface area (Å²) in [6.07, 6.45) is 2.66. The third-order valence-electron chi connectivity index (χ3n) is 6.70. The molecule has 2 aliphatic heterocycles. The Kier molecular flexibility index (Phi) is 6.31. The lowest BCUT2D eigenvalue weighted by atomic mass is 9.96. The van der Waals surface area contributed by atoms with E-state index < -0.39 is 5.92 Å². The van der Waals surface area contributed by atoms with E-state index in [2.05, 4.69) is 25.2 Å². The molecule has 6 heteroatoms. The Morgan fingerprint density at radius 1 is 1.09 bits per heavy atom. The minimum atomic E-state index is -0.396. The SMILES string of the molecule is CC[C@H](C)c1ccccc1N1C[C@@H](C(=O)Nc2ccc(N3CCCC3=O)c(C)c2)CC1=O. The highest BCUT2D eigenvalue weighted by Gasteiger charge is 2.36. The van der Waals surface area contributed by atoms with Crippen molar-refractivity contribution in [1.29, 1.82) is 0 Å². The molecule has 2 heterocycles. The second-order valence-corrected chi connectivity index (χ2v) is 8.91. The monoisotopic (exact) mass is 433 g/mol. The van der Waals surface area contributed by atoms with Crippen molar-refractivity contribution in [2.24, 2.45) is 5.92 Å². The molecule has 2 atom stereocenters. The molecular formula is C26H31N3O3. The maximum Gasteiger partial charge on any atom is 0.229 e. The molecule has 32 heavy (non-hydrogen) atoms. The molecule has 0 bridgehead atoms. The lowest BCUT2D eigenvalue weighted by Crippen LogP contribution is -2.29. The van der Waals surface area contributed by atoms with Crippen LogP contribution in [0.15, 0.2) is 42.5 Å². The normalized spacial score (nSPS) is 19.5. The highest BCUT2D eigenvalue weighted by atomic mass is 16.2. The summed E-state index contributed by atoms with van der Waals surface area (Å²) in [4.78, 5) is 41.4. The fourth-order valence-electron chi connectivity index (χ4n) is 4.67. The maximum absolute atomic E-state index is 13.0. The number of para-hydroxylation sites is 1. The number of nitrogens with one attached hydrogen (secondary N) is 1. The minimum Gasteiger partial charge on any atom is -0.326 e. The van der Waals surface area contributed by atoms with E-state index in [1.54, 1.807) is 4.90 Å². The van der Waals surface area contributed by atoms with Crippen LogP contribution < -0.4 is 15.1 Å². The number of aryl methyl sites for hydroxylation is 1. The molecule has 0 aliphatic carbocycles. The van der Waals surface area contributed by atoms with Crippen molar-refractivity contribution in [3.63, 3.8) is 0 Å². The Bertz CT molecular complexity index is 1050. The highest BCUT2D eigenvalue weighted by molar-refractivity contribution is 6.04. The number of benzene rings is 2. The van der Waals surface area contributed by atoms with Crippen LogP contribution in [0.3, 0.4) is 0 Å². The van der Waals surface area contributed by atoms with Gasteiger partial charge >= 0.3 is 0 Å². The smallest absolute Gasteiger partial charge is 0.229 e. The Balaban J connectivity index is 1.46. The molecule has 6 nitrogen and oxygen atoms in total. The van der Waals surface area contributed by atoms with Gasteiger partial charge in [-0.2, -0.15) is 0 Å². The fourth-order valence-corrected chi connectivity index (χ4v) is 4.67. The summed E-state index contributed by atoms with van der Waals surface area (Å²) in [5, 5.41) is 2.97. The summed E-state index contributed by atoms with van der Waals surface area (Å²) in [5.74, 6) is -0.0677. The second-order valence-electron chi connectivity index (χ2n) is 8.91. The molecule has 0 spiro atoms. The zero-order valence-corrected chi connectivity index (χ0v) is 19.1. The van der Waals surface area contributed by atoms with Gasteiger partial charge in [0.15, 0.2) is 0 Å². The van der Waals surface area contributed by atoms with E-state index in [0.29, 0.717) is 24.6 Å². The first-order valence-electron chi connectivity index (χ1n) is 11.5. The maximum atomic E-state index is 13.0. The number of nitrogens with zero attached hydrogens (tertiary/aromatic N) is 2. The first-order valence-corrected chi connectivity index (χ1v) is 11.5. The minimum absolute atomic E-state index is 0.0139. The summed E-state index contributed by atoms with van der Waals surface area (Å²) < 4.78 is 0. The number of anilines is 3. The number of hydrogen-bond donors (Lipinski definition) is 1. The van der Waals surface area contributed by atoms with Gasteiger partial charge in [0.1, 0.15) is 0 Å². The third-order valence-corrected chi connectivity index (χ3v) is 6.70. The lowest BCUT2D eigenvalue weighted by Gasteiger charge is -2.23. The molecule has 2 aliphatic rings. The topological polar surface area (TPSA) is 69.7 Å². The fraction of sp³-hybridized carbons (Fsp3) is 0.423. The molecule has 2 saturated heterocycles.